The number of benzene rings is 1. The molecule has 1 aromatic carbocycles. The van der Waals surface area contributed by atoms with Crippen LogP contribution in [0.1, 0.15) is 19.4 Å². The number of nitrogens with zero attached hydrogens (tertiary/aromatic N) is 4. The lowest BCUT2D eigenvalue weighted by atomic mass is 10.2. The third-order valence-electron chi connectivity index (χ3n) is 4.69. The minimum absolute atomic E-state index is 0.350. The van der Waals surface area contributed by atoms with Crippen molar-refractivity contribution in [3.05, 3.63) is 42.2 Å². The lowest BCUT2D eigenvalue weighted by Gasteiger charge is -2.35. The van der Waals surface area contributed by atoms with Crippen LogP contribution in [-0.2, 0) is 11.0 Å². The molecule has 0 aliphatic carbocycles. The lowest BCUT2D eigenvalue weighted by Crippen LogP contribution is -2.50. The first-order valence-corrected chi connectivity index (χ1v) is 10.0. The highest BCUT2D eigenvalue weighted by Gasteiger charge is 2.34. The molecule has 0 radical (unpaired) electrons. The predicted molar refractivity (Wildman–Crippen MR) is 108 cm³/mol. The Morgan fingerprint density at radius 3 is 2.48 bits per heavy atom. The molecule has 1 fully saturated rings. The summed E-state index contributed by atoms with van der Waals surface area (Å²) < 4.78 is 50.0. The number of hydrogen-bond donors (Lipinski definition) is 0. The molecule has 0 saturated carbocycles. The van der Waals surface area contributed by atoms with E-state index in [0.29, 0.717) is 50.4 Å². The SMILES string of the molecule is CC(C)COc1cc(N2CCN(C(=O)COc3ccccc3C(F)(F)F)CC2)ncn1. The molecule has 168 valence electrons. The first kappa shape index (κ1) is 22.6. The van der Waals surface area contributed by atoms with E-state index in [4.69, 9.17) is 9.47 Å². The number of aromatic nitrogens is 2. The number of anilines is 1. The van der Waals surface area contributed by atoms with Gasteiger partial charge in [-0.05, 0) is 18.1 Å². The molecule has 1 saturated heterocycles. The Balaban J connectivity index is 1.52. The van der Waals surface area contributed by atoms with Gasteiger partial charge in [0.15, 0.2) is 6.61 Å². The molecule has 0 N–H and O–H groups in total. The van der Waals surface area contributed by atoms with Crippen molar-refractivity contribution in [3.8, 4) is 11.6 Å². The van der Waals surface area contributed by atoms with Gasteiger partial charge in [-0.15, -0.1) is 0 Å². The van der Waals surface area contributed by atoms with Gasteiger partial charge in [-0.1, -0.05) is 26.0 Å². The van der Waals surface area contributed by atoms with E-state index in [1.165, 1.54) is 24.5 Å². The van der Waals surface area contributed by atoms with E-state index in [2.05, 4.69) is 9.97 Å². The summed E-state index contributed by atoms with van der Waals surface area (Å²) in [6, 6.07) is 6.62. The number of para-hydroxylation sites is 1. The fourth-order valence-electron chi connectivity index (χ4n) is 3.08. The Morgan fingerprint density at radius 1 is 1.10 bits per heavy atom. The number of rotatable bonds is 7. The van der Waals surface area contributed by atoms with Crippen LogP contribution in [0.25, 0.3) is 0 Å². The summed E-state index contributed by atoms with van der Waals surface area (Å²) in [5.74, 6) is 0.862. The van der Waals surface area contributed by atoms with Crippen LogP contribution in [-0.4, -0.2) is 60.2 Å². The van der Waals surface area contributed by atoms with Gasteiger partial charge in [-0.2, -0.15) is 13.2 Å². The van der Waals surface area contributed by atoms with Gasteiger partial charge >= 0.3 is 6.18 Å². The maximum absolute atomic E-state index is 13.0. The summed E-state index contributed by atoms with van der Waals surface area (Å²) in [6.07, 6.45) is -3.10. The van der Waals surface area contributed by atoms with Crippen molar-refractivity contribution in [3.63, 3.8) is 0 Å². The molecule has 10 heteroatoms. The highest BCUT2D eigenvalue weighted by molar-refractivity contribution is 5.78. The minimum atomic E-state index is -4.54. The molecule has 0 bridgehead atoms. The van der Waals surface area contributed by atoms with Gasteiger partial charge in [0.05, 0.1) is 12.2 Å². The lowest BCUT2D eigenvalue weighted by molar-refractivity contribution is -0.141. The Bertz CT molecular complexity index is 884. The quantitative estimate of drug-likeness (QED) is 0.661. The summed E-state index contributed by atoms with van der Waals surface area (Å²) in [7, 11) is 0. The van der Waals surface area contributed by atoms with E-state index in [-0.39, 0.29) is 11.7 Å². The molecule has 1 aliphatic heterocycles. The monoisotopic (exact) mass is 438 g/mol. The second-order valence-electron chi connectivity index (χ2n) is 7.57. The zero-order valence-electron chi connectivity index (χ0n) is 17.4. The zero-order valence-corrected chi connectivity index (χ0v) is 17.4. The molecule has 1 aromatic heterocycles. The molecule has 2 aromatic rings. The van der Waals surface area contributed by atoms with Crippen LogP contribution in [0.5, 0.6) is 11.6 Å². The van der Waals surface area contributed by atoms with E-state index < -0.39 is 18.3 Å². The van der Waals surface area contributed by atoms with Crippen LogP contribution in [0.4, 0.5) is 19.0 Å². The third-order valence-corrected chi connectivity index (χ3v) is 4.69. The summed E-state index contributed by atoms with van der Waals surface area (Å²) in [6.45, 7) is 6.08. The molecule has 2 heterocycles. The van der Waals surface area contributed by atoms with Gasteiger partial charge in [0.25, 0.3) is 5.91 Å². The number of halogens is 3. The molecular weight excluding hydrogens is 413 g/mol. The van der Waals surface area contributed by atoms with E-state index in [1.54, 1.807) is 11.0 Å². The van der Waals surface area contributed by atoms with E-state index in [1.807, 2.05) is 18.7 Å². The second-order valence-corrected chi connectivity index (χ2v) is 7.57. The summed E-state index contributed by atoms with van der Waals surface area (Å²) in [4.78, 5) is 24.4. The average molecular weight is 438 g/mol. The fraction of sp³-hybridized carbons (Fsp3) is 0.476. The van der Waals surface area contributed by atoms with Crippen molar-refractivity contribution in [1.82, 2.24) is 14.9 Å². The number of piperazine rings is 1. The average Bonchev–Trinajstić information content (AvgIpc) is 2.76. The number of amides is 1. The van der Waals surface area contributed by atoms with Crippen LogP contribution < -0.4 is 14.4 Å². The van der Waals surface area contributed by atoms with Gasteiger partial charge in [-0.25, -0.2) is 9.97 Å². The highest BCUT2D eigenvalue weighted by Crippen LogP contribution is 2.35. The van der Waals surface area contributed by atoms with Gasteiger partial charge in [0, 0.05) is 32.2 Å². The van der Waals surface area contributed by atoms with Crippen LogP contribution in [0.2, 0.25) is 0 Å². The van der Waals surface area contributed by atoms with Crippen LogP contribution in [0.15, 0.2) is 36.7 Å². The van der Waals surface area contributed by atoms with E-state index >= 15 is 0 Å². The first-order chi connectivity index (χ1) is 14.7. The van der Waals surface area contributed by atoms with Gasteiger partial charge in [-0.3, -0.25) is 4.79 Å². The Kier molecular flexibility index (Phi) is 7.19. The Hall–Kier alpha value is -3.04. The zero-order chi connectivity index (χ0) is 22.4. The summed E-state index contributed by atoms with van der Waals surface area (Å²) in [5, 5.41) is 0. The number of carbonyl (C=O) groups excluding carboxylic acids is 1. The summed E-state index contributed by atoms with van der Waals surface area (Å²) >= 11 is 0. The van der Waals surface area contributed by atoms with Crippen molar-refractivity contribution in [2.75, 3.05) is 44.3 Å². The highest BCUT2D eigenvalue weighted by atomic mass is 19.4. The standard InChI is InChI=1S/C21H25F3N4O3/c1-15(2)12-31-19-11-18(25-14-26-19)27-7-9-28(10-8-27)20(29)13-30-17-6-4-3-5-16(17)21(22,23)24/h3-6,11,14-15H,7-10,12-13H2,1-2H3. The van der Waals surface area contributed by atoms with Gasteiger partial charge < -0.3 is 19.3 Å². The van der Waals surface area contributed by atoms with Crippen LogP contribution in [0.3, 0.4) is 0 Å². The molecular formula is C21H25F3N4O3. The minimum Gasteiger partial charge on any atom is -0.483 e. The van der Waals surface area contributed by atoms with Crippen LogP contribution in [0, 0.1) is 5.92 Å². The molecule has 31 heavy (non-hydrogen) atoms. The smallest absolute Gasteiger partial charge is 0.419 e. The fourth-order valence-corrected chi connectivity index (χ4v) is 3.08. The maximum Gasteiger partial charge on any atom is 0.419 e. The van der Waals surface area contributed by atoms with Gasteiger partial charge in [0.1, 0.15) is 17.9 Å². The van der Waals surface area contributed by atoms with Crippen molar-refractivity contribution in [1.29, 1.82) is 0 Å². The van der Waals surface area contributed by atoms with Gasteiger partial charge in [0.2, 0.25) is 5.88 Å². The Labute approximate surface area is 178 Å². The third kappa shape index (κ3) is 6.22. The molecule has 0 atom stereocenters. The molecule has 3 rings (SSSR count). The van der Waals surface area contributed by atoms with Crippen molar-refractivity contribution in [2.45, 2.75) is 20.0 Å². The predicted octanol–water partition coefficient (Wildman–Crippen LogP) is 3.26. The molecule has 1 aliphatic rings. The van der Waals surface area contributed by atoms with E-state index in [9.17, 15) is 18.0 Å². The van der Waals surface area contributed by atoms with E-state index in [0.717, 1.165) is 6.07 Å². The van der Waals surface area contributed by atoms with Crippen molar-refractivity contribution >= 4 is 11.7 Å². The van der Waals surface area contributed by atoms with Crippen molar-refractivity contribution < 1.29 is 27.4 Å². The second kappa shape index (κ2) is 9.84. The number of alkyl halides is 3. The number of hydrogen-bond acceptors (Lipinski definition) is 6. The van der Waals surface area contributed by atoms with Crippen LogP contribution >= 0.6 is 0 Å². The van der Waals surface area contributed by atoms with Crippen molar-refractivity contribution in [2.24, 2.45) is 5.92 Å². The summed E-state index contributed by atoms with van der Waals surface area (Å²) in [5.41, 5.74) is -0.896. The maximum atomic E-state index is 13.0. The normalized spacial score (nSPS) is 14.6. The number of ether oxygens (including phenoxy) is 2. The topological polar surface area (TPSA) is 67.8 Å². The largest absolute Gasteiger partial charge is 0.483 e. The first-order valence-electron chi connectivity index (χ1n) is 10.0. The molecule has 7 nitrogen and oxygen atoms in total. The molecule has 1 amide bonds. The Morgan fingerprint density at radius 2 is 1.81 bits per heavy atom. The number of carbonyl (C=O) groups is 1. The molecule has 0 spiro atoms. The molecule has 0 unspecified atom stereocenters.